The van der Waals surface area contributed by atoms with Crippen molar-refractivity contribution in [3.63, 3.8) is 0 Å². The first kappa shape index (κ1) is 17.6. The zero-order valence-electron chi connectivity index (χ0n) is 15.6. The highest BCUT2D eigenvalue weighted by Gasteiger charge is 2.14. The molecule has 0 fully saturated rings. The fourth-order valence-electron chi connectivity index (χ4n) is 3.86. The van der Waals surface area contributed by atoms with Crippen LogP contribution in [0.4, 0.5) is 0 Å². The Balaban J connectivity index is 1.71. The van der Waals surface area contributed by atoms with Gasteiger partial charge in [0.15, 0.2) is 0 Å². The Kier molecular flexibility index (Phi) is 4.32. The fraction of sp³-hybridized carbons (Fsp3) is 0. The summed E-state index contributed by atoms with van der Waals surface area (Å²) in [6, 6.07) is 32.5. The molecule has 0 saturated carbocycles. The molecule has 1 aromatic heterocycles. The van der Waals surface area contributed by atoms with Crippen LogP contribution >= 0.6 is 0 Å². The van der Waals surface area contributed by atoms with Crippen LogP contribution in [0.25, 0.3) is 38.6 Å². The Labute approximate surface area is 168 Å². The lowest BCUT2D eigenvalue weighted by Gasteiger charge is -2.10. The van der Waals surface area contributed by atoms with E-state index in [0.29, 0.717) is 5.75 Å². The molecule has 0 aliphatic heterocycles. The van der Waals surface area contributed by atoms with E-state index in [9.17, 15) is 0 Å². The zero-order valence-corrected chi connectivity index (χ0v) is 15.6. The summed E-state index contributed by atoms with van der Waals surface area (Å²) in [5, 5.41) is 20.4. The van der Waals surface area contributed by atoms with Crippen molar-refractivity contribution >= 4 is 29.1 Å². The first-order valence-corrected chi connectivity index (χ1v) is 9.42. The van der Waals surface area contributed by atoms with E-state index >= 15 is 0 Å². The van der Waals surface area contributed by atoms with Crippen LogP contribution in [0.5, 0.6) is 5.75 Å². The van der Waals surface area contributed by atoms with E-state index in [1.165, 1.54) is 21.9 Å². The number of rotatable bonds is 4. The van der Waals surface area contributed by atoms with Gasteiger partial charge in [0.2, 0.25) is 0 Å². The fourth-order valence-corrected chi connectivity index (χ4v) is 3.86. The van der Waals surface area contributed by atoms with E-state index < -0.39 is 7.32 Å². The number of para-hydroxylation sites is 1. The van der Waals surface area contributed by atoms with Gasteiger partial charge in [-0.3, -0.25) is 0 Å². The second kappa shape index (κ2) is 7.13. The van der Waals surface area contributed by atoms with Crippen molar-refractivity contribution in [2.45, 2.75) is 0 Å². The number of benzene rings is 4. The van der Waals surface area contributed by atoms with Gasteiger partial charge in [-0.25, -0.2) is 0 Å². The Hall–Kier alpha value is -3.54. The van der Waals surface area contributed by atoms with E-state index in [1.54, 1.807) is 12.1 Å². The molecule has 0 aliphatic carbocycles. The zero-order chi connectivity index (χ0) is 19.8. The van der Waals surface area contributed by atoms with Gasteiger partial charge in [-0.1, -0.05) is 54.6 Å². The summed E-state index contributed by atoms with van der Waals surface area (Å²) in [5.74, 6) is 0.399. The minimum atomic E-state index is -1.83. The number of fused-ring (bicyclic) bond motifs is 3. The van der Waals surface area contributed by atoms with Gasteiger partial charge < -0.3 is 19.3 Å². The topological polar surface area (TPSA) is 54.6 Å². The molecule has 0 amide bonds. The maximum Gasteiger partial charge on any atom is 0.707 e. The maximum atomic E-state index is 8.99. The molecule has 0 atom stereocenters. The molecule has 0 unspecified atom stereocenters. The lowest BCUT2D eigenvalue weighted by Crippen LogP contribution is -2.20. The monoisotopic (exact) mass is 379 g/mol. The van der Waals surface area contributed by atoms with Crippen molar-refractivity contribution in [1.29, 1.82) is 0 Å². The first-order valence-electron chi connectivity index (χ1n) is 9.42. The van der Waals surface area contributed by atoms with Crippen LogP contribution in [0.3, 0.4) is 0 Å². The highest BCUT2D eigenvalue weighted by molar-refractivity contribution is 6.33. The first-order chi connectivity index (χ1) is 14.2. The van der Waals surface area contributed by atoms with Crippen LogP contribution in [0.1, 0.15) is 0 Å². The average Bonchev–Trinajstić information content (AvgIpc) is 3.08. The molecule has 29 heavy (non-hydrogen) atoms. The van der Waals surface area contributed by atoms with E-state index in [2.05, 4.69) is 65.2 Å². The Morgan fingerprint density at radius 1 is 0.621 bits per heavy atom. The van der Waals surface area contributed by atoms with Gasteiger partial charge in [-0.05, 0) is 53.6 Å². The number of aromatic nitrogens is 1. The van der Waals surface area contributed by atoms with E-state index in [4.69, 9.17) is 14.7 Å². The van der Waals surface area contributed by atoms with Crippen LogP contribution in [0, 0.1) is 0 Å². The van der Waals surface area contributed by atoms with E-state index in [-0.39, 0.29) is 0 Å². The summed E-state index contributed by atoms with van der Waals surface area (Å²) in [7, 11) is -1.83. The minimum Gasteiger partial charge on any atom is -0.512 e. The molecule has 0 bridgehead atoms. The molecular formula is C24H18BNO3. The number of hydrogen-bond acceptors (Lipinski definition) is 3. The van der Waals surface area contributed by atoms with Crippen LogP contribution in [-0.4, -0.2) is 21.9 Å². The van der Waals surface area contributed by atoms with Gasteiger partial charge in [-0.15, -0.1) is 0 Å². The molecule has 140 valence electrons. The average molecular weight is 379 g/mol. The standard InChI is InChI=1S/C24H18BNO3/c27-25(28)29-20-13-11-19(12-14-20)26-23-9-5-4-8-21(23)22-16-18(10-15-24(22)26)17-6-2-1-3-7-17/h1-16,27-28H. The molecular weight excluding hydrogens is 361 g/mol. The largest absolute Gasteiger partial charge is 0.707 e. The van der Waals surface area contributed by atoms with Gasteiger partial charge >= 0.3 is 7.32 Å². The predicted molar refractivity (Wildman–Crippen MR) is 117 cm³/mol. The SMILES string of the molecule is OB(O)Oc1ccc(-n2c3ccccc3c3cc(-c4ccccc4)ccc32)cc1. The van der Waals surface area contributed by atoms with E-state index in [0.717, 1.165) is 16.7 Å². The quantitative estimate of drug-likeness (QED) is 0.441. The van der Waals surface area contributed by atoms with Crippen LogP contribution in [0.2, 0.25) is 0 Å². The molecule has 5 rings (SSSR count). The summed E-state index contributed by atoms with van der Waals surface area (Å²) in [6.45, 7) is 0. The molecule has 5 heteroatoms. The summed E-state index contributed by atoms with van der Waals surface area (Å²) in [5.41, 5.74) is 5.57. The molecule has 4 nitrogen and oxygen atoms in total. The van der Waals surface area contributed by atoms with Crippen LogP contribution in [-0.2, 0) is 0 Å². The maximum absolute atomic E-state index is 8.99. The summed E-state index contributed by atoms with van der Waals surface area (Å²) in [4.78, 5) is 0. The summed E-state index contributed by atoms with van der Waals surface area (Å²) >= 11 is 0. The van der Waals surface area contributed by atoms with Crippen molar-refractivity contribution in [3.05, 3.63) is 97.1 Å². The smallest absolute Gasteiger partial charge is 0.512 e. The van der Waals surface area contributed by atoms with Gasteiger partial charge in [0, 0.05) is 16.5 Å². The highest BCUT2D eigenvalue weighted by Crippen LogP contribution is 2.35. The molecule has 4 aromatic carbocycles. The second-order valence-electron chi connectivity index (χ2n) is 6.89. The molecule has 0 spiro atoms. The lowest BCUT2D eigenvalue weighted by atomic mass is 10.0. The molecule has 0 aliphatic rings. The van der Waals surface area contributed by atoms with Gasteiger partial charge in [-0.2, -0.15) is 0 Å². The van der Waals surface area contributed by atoms with Gasteiger partial charge in [0.1, 0.15) is 5.75 Å². The molecule has 2 N–H and O–H groups in total. The van der Waals surface area contributed by atoms with Crippen LogP contribution in [0.15, 0.2) is 97.1 Å². The van der Waals surface area contributed by atoms with E-state index in [1.807, 2.05) is 24.3 Å². The van der Waals surface area contributed by atoms with Gasteiger partial charge in [0.05, 0.1) is 11.0 Å². The Morgan fingerprint density at radius 2 is 1.31 bits per heavy atom. The van der Waals surface area contributed by atoms with Crippen molar-refractivity contribution in [3.8, 4) is 22.6 Å². The summed E-state index contributed by atoms with van der Waals surface area (Å²) in [6.07, 6.45) is 0. The van der Waals surface area contributed by atoms with Crippen molar-refractivity contribution < 1.29 is 14.7 Å². The third-order valence-electron chi connectivity index (χ3n) is 5.12. The molecule has 1 heterocycles. The third kappa shape index (κ3) is 3.16. The molecule has 5 aromatic rings. The predicted octanol–water partition coefficient (Wildman–Crippen LogP) is 4.80. The summed E-state index contributed by atoms with van der Waals surface area (Å²) < 4.78 is 7.14. The highest BCUT2D eigenvalue weighted by atomic mass is 16.6. The Morgan fingerprint density at radius 3 is 2.07 bits per heavy atom. The van der Waals surface area contributed by atoms with Crippen molar-refractivity contribution in [2.24, 2.45) is 0 Å². The lowest BCUT2D eigenvalue weighted by molar-refractivity contribution is 0.288. The van der Waals surface area contributed by atoms with Gasteiger partial charge in [0.25, 0.3) is 0 Å². The van der Waals surface area contributed by atoms with Crippen molar-refractivity contribution in [2.75, 3.05) is 0 Å². The Bertz CT molecular complexity index is 1290. The number of nitrogens with zero attached hydrogens (tertiary/aromatic N) is 1. The van der Waals surface area contributed by atoms with Crippen molar-refractivity contribution in [1.82, 2.24) is 4.57 Å². The molecule has 0 saturated heterocycles. The second-order valence-corrected chi connectivity index (χ2v) is 6.89. The molecule has 0 radical (unpaired) electrons. The minimum absolute atomic E-state index is 0.399. The third-order valence-corrected chi connectivity index (χ3v) is 5.12. The number of hydrogen-bond donors (Lipinski definition) is 2. The normalized spacial score (nSPS) is 11.1. The van der Waals surface area contributed by atoms with Crippen LogP contribution < -0.4 is 4.65 Å².